The van der Waals surface area contributed by atoms with Crippen LogP contribution in [0.25, 0.3) is 0 Å². The molecule has 0 aromatic carbocycles. The highest BCUT2D eigenvalue weighted by atomic mass is 79.9. The SMILES string of the molecule is NC(Cc1ccc(Br)s1)C1C2C3CCC(C3)C12. The van der Waals surface area contributed by atoms with Gasteiger partial charge in [0, 0.05) is 10.9 Å². The Morgan fingerprint density at radius 3 is 2.59 bits per heavy atom. The van der Waals surface area contributed by atoms with Gasteiger partial charge in [-0.25, -0.2) is 0 Å². The predicted octanol–water partition coefficient (Wildman–Crippen LogP) is 3.67. The summed E-state index contributed by atoms with van der Waals surface area (Å²) in [5.41, 5.74) is 6.45. The first-order valence-electron chi connectivity index (χ1n) is 6.74. The highest BCUT2D eigenvalue weighted by Gasteiger charge is 2.65. The van der Waals surface area contributed by atoms with Gasteiger partial charge >= 0.3 is 0 Å². The minimum absolute atomic E-state index is 0.416. The minimum Gasteiger partial charge on any atom is -0.327 e. The molecule has 0 spiro atoms. The van der Waals surface area contributed by atoms with E-state index in [-0.39, 0.29) is 0 Å². The molecule has 3 aliphatic rings. The smallest absolute Gasteiger partial charge is 0.0701 e. The second kappa shape index (κ2) is 3.82. The third kappa shape index (κ3) is 1.66. The monoisotopic (exact) mass is 311 g/mol. The van der Waals surface area contributed by atoms with E-state index >= 15 is 0 Å². The van der Waals surface area contributed by atoms with E-state index in [1.165, 1.54) is 27.9 Å². The van der Waals surface area contributed by atoms with Crippen molar-refractivity contribution < 1.29 is 0 Å². The maximum atomic E-state index is 6.45. The van der Waals surface area contributed by atoms with Gasteiger partial charge in [0.25, 0.3) is 0 Å². The molecular weight excluding hydrogens is 294 g/mol. The third-order valence-electron chi connectivity index (χ3n) is 5.35. The minimum atomic E-state index is 0.416. The van der Waals surface area contributed by atoms with Crippen LogP contribution in [0.1, 0.15) is 24.1 Å². The molecule has 1 aromatic rings. The average Bonchev–Trinajstić information content (AvgIpc) is 2.65. The molecule has 3 aliphatic carbocycles. The van der Waals surface area contributed by atoms with E-state index < -0.39 is 0 Å². The number of rotatable bonds is 3. The summed E-state index contributed by atoms with van der Waals surface area (Å²) in [5, 5.41) is 0. The van der Waals surface area contributed by atoms with E-state index in [0.29, 0.717) is 6.04 Å². The van der Waals surface area contributed by atoms with Crippen molar-refractivity contribution in [2.24, 2.45) is 35.3 Å². The molecule has 2 bridgehead atoms. The van der Waals surface area contributed by atoms with Crippen LogP contribution in [0.3, 0.4) is 0 Å². The number of hydrogen-bond acceptors (Lipinski definition) is 2. The summed E-state index contributed by atoms with van der Waals surface area (Å²) >= 11 is 5.37. The lowest BCUT2D eigenvalue weighted by Crippen LogP contribution is -2.28. The third-order valence-corrected chi connectivity index (χ3v) is 7.00. The van der Waals surface area contributed by atoms with Crippen molar-refractivity contribution in [1.29, 1.82) is 0 Å². The van der Waals surface area contributed by atoms with Crippen LogP contribution < -0.4 is 5.73 Å². The van der Waals surface area contributed by atoms with Gasteiger partial charge in [0.1, 0.15) is 0 Å². The standard InChI is InChI=1S/C14H18BrNS/c15-11-4-3-9(17-11)6-10(16)14-12-7-1-2-8(5-7)13(12)14/h3-4,7-8,10,12-14H,1-2,5-6,16H2. The molecule has 5 atom stereocenters. The van der Waals surface area contributed by atoms with Gasteiger partial charge in [-0.2, -0.15) is 0 Å². The number of halogens is 1. The zero-order chi connectivity index (χ0) is 11.6. The molecule has 3 heteroatoms. The Morgan fingerprint density at radius 2 is 2.00 bits per heavy atom. The van der Waals surface area contributed by atoms with Crippen LogP contribution in [-0.2, 0) is 6.42 Å². The summed E-state index contributed by atoms with van der Waals surface area (Å²) < 4.78 is 1.23. The van der Waals surface area contributed by atoms with Crippen LogP contribution in [-0.4, -0.2) is 6.04 Å². The molecule has 1 nitrogen and oxygen atoms in total. The molecular formula is C14H18BrNS. The molecule has 1 aromatic heterocycles. The lowest BCUT2D eigenvalue weighted by molar-refractivity contribution is 0.410. The van der Waals surface area contributed by atoms with Crippen molar-refractivity contribution in [2.45, 2.75) is 31.7 Å². The van der Waals surface area contributed by atoms with Gasteiger partial charge in [-0.15, -0.1) is 11.3 Å². The van der Waals surface area contributed by atoms with Gasteiger partial charge in [-0.05, 0) is 83.3 Å². The van der Waals surface area contributed by atoms with Gasteiger partial charge in [0.2, 0.25) is 0 Å². The van der Waals surface area contributed by atoms with Crippen LogP contribution in [0.2, 0.25) is 0 Å². The summed E-state index contributed by atoms with van der Waals surface area (Å²) in [6.07, 6.45) is 5.62. The Hall–Kier alpha value is 0.140. The molecule has 3 fully saturated rings. The molecule has 17 heavy (non-hydrogen) atoms. The Kier molecular flexibility index (Phi) is 2.47. The van der Waals surface area contributed by atoms with Gasteiger partial charge in [0.05, 0.1) is 3.79 Å². The average molecular weight is 312 g/mol. The molecule has 3 saturated carbocycles. The number of thiophene rings is 1. The lowest BCUT2D eigenvalue weighted by atomic mass is 9.96. The summed E-state index contributed by atoms with van der Waals surface area (Å²) in [5.74, 6) is 5.01. The number of nitrogens with two attached hydrogens (primary N) is 1. The topological polar surface area (TPSA) is 26.0 Å². The number of hydrogen-bond donors (Lipinski definition) is 1. The largest absolute Gasteiger partial charge is 0.327 e. The molecule has 0 radical (unpaired) electrons. The lowest BCUT2D eigenvalue weighted by Gasteiger charge is -2.15. The molecule has 92 valence electrons. The van der Waals surface area contributed by atoms with Crippen molar-refractivity contribution in [1.82, 2.24) is 0 Å². The molecule has 1 heterocycles. The van der Waals surface area contributed by atoms with Crippen molar-refractivity contribution >= 4 is 27.3 Å². The van der Waals surface area contributed by atoms with E-state index in [9.17, 15) is 0 Å². The van der Waals surface area contributed by atoms with E-state index in [1.54, 1.807) is 0 Å². The fourth-order valence-electron chi connectivity index (χ4n) is 4.79. The van der Waals surface area contributed by atoms with Gasteiger partial charge in [0.15, 0.2) is 0 Å². The van der Waals surface area contributed by atoms with Crippen LogP contribution in [0.15, 0.2) is 15.9 Å². The second-order valence-electron chi connectivity index (χ2n) is 6.14. The Labute approximate surface area is 115 Å². The highest BCUT2D eigenvalue weighted by molar-refractivity contribution is 9.11. The summed E-state index contributed by atoms with van der Waals surface area (Å²) in [6, 6.07) is 4.78. The zero-order valence-corrected chi connectivity index (χ0v) is 12.2. The summed E-state index contributed by atoms with van der Waals surface area (Å²) in [4.78, 5) is 1.45. The maximum Gasteiger partial charge on any atom is 0.0701 e. The Bertz CT molecular complexity index is 427. The van der Waals surface area contributed by atoms with Gasteiger partial charge < -0.3 is 5.73 Å². The van der Waals surface area contributed by atoms with Crippen LogP contribution in [0.5, 0.6) is 0 Å². The van der Waals surface area contributed by atoms with Crippen molar-refractivity contribution in [3.8, 4) is 0 Å². The first-order chi connectivity index (χ1) is 8.24. The fraction of sp³-hybridized carbons (Fsp3) is 0.714. The molecule has 0 amide bonds. The van der Waals surface area contributed by atoms with Gasteiger partial charge in [-0.3, -0.25) is 0 Å². The predicted molar refractivity (Wildman–Crippen MR) is 75.0 cm³/mol. The normalized spacial score (nSPS) is 43.8. The molecule has 0 aliphatic heterocycles. The first kappa shape index (κ1) is 11.0. The Balaban J connectivity index is 1.44. The quantitative estimate of drug-likeness (QED) is 0.905. The first-order valence-corrected chi connectivity index (χ1v) is 8.35. The zero-order valence-electron chi connectivity index (χ0n) is 9.81. The van der Waals surface area contributed by atoms with E-state index in [0.717, 1.165) is 36.0 Å². The second-order valence-corrected chi connectivity index (χ2v) is 8.69. The van der Waals surface area contributed by atoms with Crippen LogP contribution in [0.4, 0.5) is 0 Å². The van der Waals surface area contributed by atoms with Crippen LogP contribution >= 0.6 is 27.3 Å². The van der Waals surface area contributed by atoms with Crippen molar-refractivity contribution in [3.63, 3.8) is 0 Å². The van der Waals surface area contributed by atoms with E-state index in [4.69, 9.17) is 5.73 Å². The van der Waals surface area contributed by atoms with E-state index in [2.05, 4.69) is 28.1 Å². The number of fused-ring (bicyclic) bond motifs is 5. The van der Waals surface area contributed by atoms with Gasteiger partial charge in [-0.1, -0.05) is 0 Å². The molecule has 0 saturated heterocycles. The molecule has 5 unspecified atom stereocenters. The van der Waals surface area contributed by atoms with E-state index in [1.807, 2.05) is 11.3 Å². The van der Waals surface area contributed by atoms with Crippen LogP contribution in [0, 0.1) is 29.6 Å². The fourth-order valence-corrected chi connectivity index (χ4v) is 6.35. The highest BCUT2D eigenvalue weighted by Crippen LogP contribution is 2.70. The summed E-state index contributed by atoms with van der Waals surface area (Å²) in [6.45, 7) is 0. The molecule has 2 N–H and O–H groups in total. The molecule has 4 rings (SSSR count). The maximum absolute atomic E-state index is 6.45. The van der Waals surface area contributed by atoms with Crippen molar-refractivity contribution in [3.05, 3.63) is 20.8 Å². The summed E-state index contributed by atoms with van der Waals surface area (Å²) in [7, 11) is 0. The van der Waals surface area contributed by atoms with Crippen molar-refractivity contribution in [2.75, 3.05) is 0 Å². The Morgan fingerprint density at radius 1 is 1.29 bits per heavy atom.